The van der Waals surface area contributed by atoms with Crippen molar-refractivity contribution in [2.45, 2.75) is 18.9 Å². The summed E-state index contributed by atoms with van der Waals surface area (Å²) >= 11 is 0. The molecule has 0 amide bonds. The van der Waals surface area contributed by atoms with E-state index in [0.717, 1.165) is 22.9 Å². The summed E-state index contributed by atoms with van der Waals surface area (Å²) in [6.45, 7) is 0.573. The van der Waals surface area contributed by atoms with Crippen molar-refractivity contribution in [2.24, 2.45) is 7.05 Å². The molecule has 0 saturated carbocycles. The first kappa shape index (κ1) is 17.7. The molecule has 3 aromatic rings. The number of ether oxygens (including phenoxy) is 3. The van der Waals surface area contributed by atoms with E-state index in [4.69, 9.17) is 14.2 Å². The second-order valence-electron chi connectivity index (χ2n) is 7.23. The Bertz CT molecular complexity index is 1170. The predicted molar refractivity (Wildman–Crippen MR) is 107 cm³/mol. The number of nitrogens with zero attached hydrogens (tertiary/aromatic N) is 1. The van der Waals surface area contributed by atoms with Crippen molar-refractivity contribution in [3.8, 4) is 11.5 Å². The van der Waals surface area contributed by atoms with Crippen LogP contribution in [0.2, 0.25) is 0 Å². The number of rotatable bonds is 3. The largest absolute Gasteiger partial charge is 0.452 e. The van der Waals surface area contributed by atoms with Crippen molar-refractivity contribution in [3.05, 3.63) is 65.5 Å². The number of carbonyl (C=O) groups excluding carboxylic acids is 2. The van der Waals surface area contributed by atoms with Crippen molar-refractivity contribution in [1.29, 1.82) is 0 Å². The molecule has 0 bridgehead atoms. The average Bonchev–Trinajstić information content (AvgIpc) is 3.43. The molecule has 2 aromatic carbocycles. The molecule has 0 aliphatic carbocycles. The first-order chi connectivity index (χ1) is 14.1. The van der Waals surface area contributed by atoms with Gasteiger partial charge in [-0.2, -0.15) is 0 Å². The maximum atomic E-state index is 12.8. The molecule has 146 valence electrons. The van der Waals surface area contributed by atoms with Crippen LogP contribution < -0.4 is 9.47 Å². The van der Waals surface area contributed by atoms with Crippen LogP contribution in [0.1, 0.15) is 28.8 Å². The number of allylic oxidation sites excluding steroid dienone is 1. The van der Waals surface area contributed by atoms with E-state index in [1.165, 1.54) is 0 Å². The third-order valence-electron chi connectivity index (χ3n) is 5.27. The molecule has 2 aliphatic heterocycles. The Morgan fingerprint density at radius 2 is 2.10 bits per heavy atom. The Labute approximate surface area is 167 Å². The van der Waals surface area contributed by atoms with E-state index in [1.807, 2.05) is 42.1 Å². The Morgan fingerprint density at radius 1 is 1.24 bits per heavy atom. The van der Waals surface area contributed by atoms with Crippen LogP contribution in [0.15, 0.2) is 54.4 Å². The highest BCUT2D eigenvalue weighted by Crippen LogP contribution is 2.36. The molecule has 1 unspecified atom stereocenters. The topological polar surface area (TPSA) is 66.8 Å². The molecule has 0 spiro atoms. The molecule has 5 rings (SSSR count). The fourth-order valence-electron chi connectivity index (χ4n) is 3.81. The maximum Gasteiger partial charge on any atom is 0.340 e. The van der Waals surface area contributed by atoms with Gasteiger partial charge in [-0.3, -0.25) is 4.79 Å². The zero-order valence-electron chi connectivity index (χ0n) is 15.9. The van der Waals surface area contributed by atoms with Gasteiger partial charge in [-0.25, -0.2) is 4.79 Å². The highest BCUT2D eigenvalue weighted by molar-refractivity contribution is 6.15. The van der Waals surface area contributed by atoms with Gasteiger partial charge < -0.3 is 18.8 Å². The van der Waals surface area contributed by atoms with Crippen LogP contribution in [0.5, 0.6) is 11.5 Å². The second-order valence-corrected chi connectivity index (χ2v) is 7.23. The lowest BCUT2D eigenvalue weighted by molar-refractivity contribution is -0.144. The van der Waals surface area contributed by atoms with E-state index in [2.05, 4.69) is 0 Å². The number of hydrogen-bond donors (Lipinski definition) is 0. The lowest BCUT2D eigenvalue weighted by atomic mass is 10.1. The summed E-state index contributed by atoms with van der Waals surface area (Å²) in [6.07, 6.45) is 4.71. The first-order valence-electron chi connectivity index (χ1n) is 9.56. The minimum absolute atomic E-state index is 0.190. The van der Waals surface area contributed by atoms with Gasteiger partial charge in [-0.05, 0) is 37.1 Å². The van der Waals surface area contributed by atoms with Gasteiger partial charge in [0.1, 0.15) is 11.5 Å². The van der Waals surface area contributed by atoms with E-state index < -0.39 is 12.1 Å². The third-order valence-corrected chi connectivity index (χ3v) is 5.27. The number of fused-ring (bicyclic) bond motifs is 2. The molecule has 0 radical (unpaired) electrons. The van der Waals surface area contributed by atoms with Crippen LogP contribution in [0.25, 0.3) is 17.0 Å². The summed E-state index contributed by atoms with van der Waals surface area (Å²) in [5.74, 6) is 0.366. The average molecular weight is 389 g/mol. The zero-order valence-corrected chi connectivity index (χ0v) is 15.9. The number of ketones is 1. The number of aromatic nitrogens is 1. The number of carbonyl (C=O) groups is 2. The molecule has 29 heavy (non-hydrogen) atoms. The van der Waals surface area contributed by atoms with Crippen LogP contribution in [0, 0.1) is 0 Å². The van der Waals surface area contributed by atoms with Crippen LogP contribution in [0.4, 0.5) is 0 Å². The first-order valence-corrected chi connectivity index (χ1v) is 9.56. The summed E-state index contributed by atoms with van der Waals surface area (Å²) in [7, 11) is 1.96. The van der Waals surface area contributed by atoms with Gasteiger partial charge in [-0.1, -0.05) is 18.2 Å². The van der Waals surface area contributed by atoms with Gasteiger partial charge in [0.2, 0.25) is 5.78 Å². The van der Waals surface area contributed by atoms with E-state index in [-0.39, 0.29) is 11.5 Å². The second kappa shape index (κ2) is 6.90. The molecule has 6 nitrogen and oxygen atoms in total. The number of hydrogen-bond acceptors (Lipinski definition) is 5. The Morgan fingerprint density at radius 3 is 2.93 bits per heavy atom. The molecule has 3 heterocycles. The SMILES string of the molecule is Cn1cc(/C=C2\Oc3cc(OC(=O)C4CCCO4)ccc3C2=O)c2ccccc21. The molecular weight excluding hydrogens is 370 g/mol. The fraction of sp³-hybridized carbons (Fsp3) is 0.217. The smallest absolute Gasteiger partial charge is 0.340 e. The van der Waals surface area contributed by atoms with Gasteiger partial charge in [0, 0.05) is 42.4 Å². The van der Waals surface area contributed by atoms with E-state index in [1.54, 1.807) is 24.3 Å². The van der Waals surface area contributed by atoms with Crippen molar-refractivity contribution in [1.82, 2.24) is 4.57 Å². The van der Waals surface area contributed by atoms with Crippen molar-refractivity contribution >= 4 is 28.7 Å². The lowest BCUT2D eigenvalue weighted by Crippen LogP contribution is -2.24. The molecular formula is C23H19NO5. The fourth-order valence-corrected chi connectivity index (χ4v) is 3.81. The Balaban J connectivity index is 1.41. The van der Waals surface area contributed by atoms with Crippen LogP contribution >= 0.6 is 0 Å². The number of para-hydroxylation sites is 1. The van der Waals surface area contributed by atoms with Crippen molar-refractivity contribution in [2.75, 3.05) is 6.61 Å². The monoisotopic (exact) mass is 389 g/mol. The summed E-state index contributed by atoms with van der Waals surface area (Å²) in [5, 5.41) is 1.04. The van der Waals surface area contributed by atoms with Gasteiger partial charge in [-0.15, -0.1) is 0 Å². The summed E-state index contributed by atoms with van der Waals surface area (Å²) in [6, 6.07) is 12.8. The summed E-state index contributed by atoms with van der Waals surface area (Å²) < 4.78 is 18.6. The number of aryl methyl sites for hydroxylation is 1. The molecule has 1 atom stereocenters. The van der Waals surface area contributed by atoms with Gasteiger partial charge in [0.25, 0.3) is 0 Å². The van der Waals surface area contributed by atoms with Crippen LogP contribution in [-0.2, 0) is 16.6 Å². The number of esters is 1. The standard InChI is InChI=1S/C23H19NO5/c1-24-13-14(16-5-2-3-6-18(16)24)11-21-22(25)17-9-8-15(12-20(17)29-21)28-23(26)19-7-4-10-27-19/h2-3,5-6,8-9,11-13,19H,4,7,10H2,1H3/b21-11-. The Kier molecular flexibility index (Phi) is 4.21. The third kappa shape index (κ3) is 3.11. The quantitative estimate of drug-likeness (QED) is 0.386. The molecule has 1 fully saturated rings. The molecule has 2 aliphatic rings. The molecule has 0 N–H and O–H groups in total. The minimum atomic E-state index is -0.521. The van der Waals surface area contributed by atoms with E-state index in [0.29, 0.717) is 30.1 Å². The zero-order chi connectivity index (χ0) is 20.0. The predicted octanol–water partition coefficient (Wildman–Crippen LogP) is 3.88. The highest BCUT2D eigenvalue weighted by Gasteiger charge is 2.30. The van der Waals surface area contributed by atoms with Gasteiger partial charge >= 0.3 is 5.97 Å². The number of benzene rings is 2. The summed E-state index contributed by atoms with van der Waals surface area (Å²) in [4.78, 5) is 24.9. The van der Waals surface area contributed by atoms with Gasteiger partial charge in [0.05, 0.1) is 5.56 Å². The summed E-state index contributed by atoms with van der Waals surface area (Å²) in [5.41, 5.74) is 2.43. The Hall–Kier alpha value is -3.38. The highest BCUT2D eigenvalue weighted by atomic mass is 16.6. The minimum Gasteiger partial charge on any atom is -0.452 e. The molecule has 1 aromatic heterocycles. The van der Waals surface area contributed by atoms with Crippen LogP contribution in [0.3, 0.4) is 0 Å². The van der Waals surface area contributed by atoms with E-state index in [9.17, 15) is 9.59 Å². The maximum absolute atomic E-state index is 12.8. The molecule has 6 heteroatoms. The van der Waals surface area contributed by atoms with Gasteiger partial charge in [0.15, 0.2) is 11.9 Å². The lowest BCUT2D eigenvalue weighted by Gasteiger charge is -2.09. The number of Topliss-reactive ketones (excluding diaryl/α,β-unsaturated/α-hetero) is 1. The van der Waals surface area contributed by atoms with Crippen molar-refractivity contribution < 1.29 is 23.8 Å². The normalized spacial score (nSPS) is 19.6. The van der Waals surface area contributed by atoms with Crippen LogP contribution in [-0.4, -0.2) is 29.0 Å². The van der Waals surface area contributed by atoms with Crippen molar-refractivity contribution in [3.63, 3.8) is 0 Å². The molecule has 1 saturated heterocycles. The van der Waals surface area contributed by atoms with E-state index >= 15 is 0 Å².